The van der Waals surface area contributed by atoms with Crippen molar-refractivity contribution in [3.63, 3.8) is 0 Å². The van der Waals surface area contributed by atoms with E-state index in [1.54, 1.807) is 0 Å². The summed E-state index contributed by atoms with van der Waals surface area (Å²) in [5, 5.41) is 4.60. The third-order valence-electron chi connectivity index (χ3n) is 13.0. The highest BCUT2D eigenvalue weighted by Crippen LogP contribution is 2.48. The number of hydrogen-bond acceptors (Lipinski definition) is 4. The largest absolute Gasteiger partial charge is 0.458 e. The van der Waals surface area contributed by atoms with Gasteiger partial charge >= 0.3 is 0 Å². The molecule has 0 saturated carbocycles. The van der Waals surface area contributed by atoms with Crippen LogP contribution >= 0.6 is 0 Å². The van der Waals surface area contributed by atoms with Crippen LogP contribution in [-0.2, 0) is 5.41 Å². The zero-order valence-electron chi connectivity index (χ0n) is 37.0. The molecule has 0 aromatic heterocycles. The zero-order valence-corrected chi connectivity index (χ0v) is 37.0. The average molecular weight is 817 g/mol. The molecule has 0 amide bonds. The minimum Gasteiger partial charge on any atom is -0.458 e. The van der Waals surface area contributed by atoms with Gasteiger partial charge in [0.1, 0.15) is 23.0 Å². The summed E-state index contributed by atoms with van der Waals surface area (Å²) >= 11 is 0. The van der Waals surface area contributed by atoms with E-state index < -0.39 is 0 Å². The van der Waals surface area contributed by atoms with Crippen LogP contribution in [0, 0.1) is 27.7 Å². The molecular weight excluding hydrogens is 767 g/mol. The molecule has 2 aliphatic heterocycles. The fourth-order valence-electron chi connectivity index (χ4n) is 9.63. The fourth-order valence-corrected chi connectivity index (χ4v) is 9.63. The number of ether oxygens (including phenoxy) is 2. The van der Waals surface area contributed by atoms with Crippen LogP contribution in [0.25, 0.3) is 21.5 Å². The molecule has 306 valence electrons. The van der Waals surface area contributed by atoms with Crippen molar-refractivity contribution >= 4 is 78.8 Å². The molecule has 0 fully saturated rings. The van der Waals surface area contributed by atoms with Crippen LogP contribution in [0.5, 0.6) is 23.0 Å². The maximum atomic E-state index is 7.28. The Morgan fingerprint density at radius 1 is 0.365 bits per heavy atom. The Kier molecular flexibility index (Phi) is 9.02. The van der Waals surface area contributed by atoms with Crippen molar-refractivity contribution in [2.24, 2.45) is 0 Å². The quantitative estimate of drug-likeness (QED) is 0.156. The molecule has 0 saturated heterocycles. The van der Waals surface area contributed by atoms with Crippen molar-refractivity contribution in [1.82, 2.24) is 0 Å². The van der Waals surface area contributed by atoms with Gasteiger partial charge in [-0.2, -0.15) is 0 Å². The summed E-state index contributed by atoms with van der Waals surface area (Å²) in [6, 6.07) is 62.1. The molecule has 0 N–H and O–H groups in total. The molecule has 2 heterocycles. The van der Waals surface area contributed by atoms with E-state index in [1.807, 2.05) is 0 Å². The van der Waals surface area contributed by atoms with Gasteiger partial charge in [0.15, 0.2) is 0 Å². The minimum absolute atomic E-state index is 0.154. The van der Waals surface area contributed by atoms with Crippen LogP contribution in [0.15, 0.2) is 170 Å². The second kappa shape index (κ2) is 14.7. The molecule has 0 radical (unpaired) electrons. The van der Waals surface area contributed by atoms with Crippen molar-refractivity contribution in [2.75, 3.05) is 9.80 Å². The van der Waals surface area contributed by atoms with Crippen LogP contribution < -0.4 is 35.7 Å². The van der Waals surface area contributed by atoms with Gasteiger partial charge in [-0.3, -0.25) is 0 Å². The van der Waals surface area contributed by atoms with E-state index in [1.165, 1.54) is 22.3 Å². The zero-order chi connectivity index (χ0) is 43.1. The SMILES string of the molecule is Cc1ccc(N(c2ccc(C)cc2)c2cc3c(c4ccccc24)B2c4c(cc(C(C)(C)C)cc4Oc4cc(N(c5ccc(C)cc5)c5ccc(C)cc5)c5ccccc5c42)O3)cc1. The number of fused-ring (bicyclic) bond motifs is 8. The van der Waals surface area contributed by atoms with Gasteiger partial charge in [0, 0.05) is 51.1 Å². The average Bonchev–Trinajstić information content (AvgIpc) is 3.28. The van der Waals surface area contributed by atoms with Gasteiger partial charge in [-0.15, -0.1) is 0 Å². The summed E-state index contributed by atoms with van der Waals surface area (Å²) < 4.78 is 14.6. The predicted octanol–water partition coefficient (Wildman–Crippen LogP) is 14.2. The first-order valence-electron chi connectivity index (χ1n) is 22.0. The molecule has 11 rings (SSSR count). The maximum Gasteiger partial charge on any atom is 0.262 e. The van der Waals surface area contributed by atoms with Gasteiger partial charge in [-0.05, 0) is 121 Å². The molecule has 0 spiro atoms. The molecule has 0 aliphatic carbocycles. The number of benzene rings is 9. The van der Waals surface area contributed by atoms with Crippen LogP contribution in [0.4, 0.5) is 34.1 Å². The minimum atomic E-state index is -0.172. The highest BCUT2D eigenvalue weighted by Gasteiger charge is 2.44. The van der Waals surface area contributed by atoms with E-state index in [0.29, 0.717) is 0 Å². The van der Waals surface area contributed by atoms with Crippen LogP contribution in [0.1, 0.15) is 48.6 Å². The van der Waals surface area contributed by atoms with E-state index in [-0.39, 0.29) is 12.1 Å². The Morgan fingerprint density at radius 2 is 0.667 bits per heavy atom. The van der Waals surface area contributed by atoms with Gasteiger partial charge in [0.2, 0.25) is 0 Å². The van der Waals surface area contributed by atoms with Crippen molar-refractivity contribution < 1.29 is 9.47 Å². The van der Waals surface area contributed by atoms with Gasteiger partial charge in [-0.25, -0.2) is 0 Å². The Labute approximate surface area is 371 Å². The number of hydrogen-bond donors (Lipinski definition) is 0. The highest BCUT2D eigenvalue weighted by molar-refractivity contribution is 7.01. The normalized spacial score (nSPS) is 12.6. The van der Waals surface area contributed by atoms with Gasteiger partial charge < -0.3 is 19.3 Å². The lowest BCUT2D eigenvalue weighted by molar-refractivity contribution is 0.459. The Balaban J connectivity index is 1.21. The molecule has 0 unspecified atom stereocenters. The number of nitrogens with zero attached hydrogens (tertiary/aromatic N) is 2. The monoisotopic (exact) mass is 816 g/mol. The second-order valence-corrected chi connectivity index (χ2v) is 18.5. The summed E-state index contributed by atoms with van der Waals surface area (Å²) in [5.41, 5.74) is 15.7. The lowest BCUT2D eigenvalue weighted by Gasteiger charge is -2.38. The third-order valence-corrected chi connectivity index (χ3v) is 13.0. The second-order valence-electron chi connectivity index (χ2n) is 18.5. The van der Waals surface area contributed by atoms with Gasteiger partial charge in [0.05, 0.1) is 11.4 Å². The number of aryl methyl sites for hydroxylation is 4. The Hall–Kier alpha value is -7.24. The fraction of sp³-hybridized carbons (Fsp3) is 0.138. The van der Waals surface area contributed by atoms with Gasteiger partial charge in [-0.1, -0.05) is 140 Å². The van der Waals surface area contributed by atoms with Crippen molar-refractivity contribution in [1.29, 1.82) is 0 Å². The molecule has 4 nitrogen and oxygen atoms in total. The van der Waals surface area contributed by atoms with Crippen molar-refractivity contribution in [3.8, 4) is 23.0 Å². The first-order valence-corrected chi connectivity index (χ1v) is 22.0. The molecule has 9 aromatic carbocycles. The molecule has 5 heteroatoms. The topological polar surface area (TPSA) is 24.9 Å². The van der Waals surface area contributed by atoms with Crippen LogP contribution in [0.3, 0.4) is 0 Å². The molecule has 2 aliphatic rings. The first-order chi connectivity index (χ1) is 30.5. The van der Waals surface area contributed by atoms with E-state index in [0.717, 1.165) is 101 Å². The smallest absolute Gasteiger partial charge is 0.262 e. The van der Waals surface area contributed by atoms with Crippen molar-refractivity contribution in [2.45, 2.75) is 53.9 Å². The Morgan fingerprint density at radius 3 is 0.984 bits per heavy atom. The lowest BCUT2D eigenvalue weighted by atomic mass is 9.33. The highest BCUT2D eigenvalue weighted by atomic mass is 16.5. The van der Waals surface area contributed by atoms with Crippen LogP contribution in [0.2, 0.25) is 0 Å². The van der Waals surface area contributed by atoms with Crippen LogP contribution in [-0.4, -0.2) is 6.71 Å². The summed E-state index contributed by atoms with van der Waals surface area (Å²) in [6.07, 6.45) is 0. The third kappa shape index (κ3) is 6.53. The van der Waals surface area contributed by atoms with E-state index in [9.17, 15) is 0 Å². The molecular formula is C58H49BN2O2. The summed E-state index contributed by atoms with van der Waals surface area (Å²) in [6.45, 7) is 15.2. The summed E-state index contributed by atoms with van der Waals surface area (Å²) in [7, 11) is 0. The standard InChI is InChI=1S/C58H49BN2O2/c1-36-16-24-41(25-17-36)60(42-26-18-37(2)19-27-42)49-34-53-55(47-14-10-8-12-45(47)49)59-56-48-15-11-9-13-46(48)50(61(43-28-20-38(3)21-29-43)44-30-22-39(4)23-31-44)35-54(56)63-52-33-40(58(5,6)7)32-51(62-53)57(52)59/h8-35H,1-7H3. The first kappa shape index (κ1) is 38.7. The molecule has 0 bridgehead atoms. The van der Waals surface area contributed by atoms with E-state index in [4.69, 9.17) is 9.47 Å². The molecule has 63 heavy (non-hydrogen) atoms. The summed E-state index contributed by atoms with van der Waals surface area (Å²) in [5.74, 6) is 3.38. The van der Waals surface area contributed by atoms with Gasteiger partial charge in [0.25, 0.3) is 6.71 Å². The maximum absolute atomic E-state index is 7.28. The van der Waals surface area contributed by atoms with E-state index in [2.05, 4.69) is 228 Å². The predicted molar refractivity (Wildman–Crippen MR) is 266 cm³/mol. The van der Waals surface area contributed by atoms with Crippen molar-refractivity contribution in [3.05, 3.63) is 198 Å². The molecule has 9 aromatic rings. The number of rotatable bonds is 6. The number of anilines is 6. The lowest BCUT2D eigenvalue weighted by Crippen LogP contribution is -2.58. The Bertz CT molecular complexity index is 2940. The van der Waals surface area contributed by atoms with E-state index >= 15 is 0 Å². The summed E-state index contributed by atoms with van der Waals surface area (Å²) in [4.78, 5) is 4.75. The molecule has 0 atom stereocenters.